The largest absolute Gasteiger partial charge is 0.489 e. The number of piperidine rings is 1. The maximum atomic E-state index is 13.6. The first kappa shape index (κ1) is 23.1. The van der Waals surface area contributed by atoms with Crippen molar-refractivity contribution in [2.75, 3.05) is 6.54 Å². The molecule has 10 heteroatoms. The van der Waals surface area contributed by atoms with Gasteiger partial charge in [0.2, 0.25) is 10.0 Å². The summed E-state index contributed by atoms with van der Waals surface area (Å²) in [5.74, 6) is -0.946. The van der Waals surface area contributed by atoms with E-state index < -0.39 is 27.6 Å². The Morgan fingerprint density at radius 2 is 1.97 bits per heavy atom. The van der Waals surface area contributed by atoms with E-state index >= 15 is 0 Å². The van der Waals surface area contributed by atoms with Gasteiger partial charge < -0.3 is 9.84 Å². The predicted octanol–water partition coefficient (Wildman–Crippen LogP) is 2.12. The van der Waals surface area contributed by atoms with Crippen molar-refractivity contribution < 1.29 is 32.7 Å². The van der Waals surface area contributed by atoms with E-state index in [0.29, 0.717) is 23.3 Å². The minimum atomic E-state index is -4.14. The lowest BCUT2D eigenvalue weighted by atomic mass is 9.87. The number of nitrogens with zero attached hydrogens (tertiary/aromatic N) is 1. The predicted molar refractivity (Wildman–Crippen MR) is 109 cm³/mol. The Hall–Kier alpha value is -2.53. The quantitative estimate of drug-likeness (QED) is 0.457. The number of amides is 1. The number of aliphatic hydroxyl groups is 1. The highest BCUT2D eigenvalue weighted by Gasteiger charge is 2.49. The average Bonchev–Trinajstić information content (AvgIpc) is 2.73. The van der Waals surface area contributed by atoms with Crippen molar-refractivity contribution in [3.63, 3.8) is 0 Å². The van der Waals surface area contributed by atoms with Crippen molar-refractivity contribution in [3.8, 4) is 5.75 Å². The zero-order valence-electron chi connectivity index (χ0n) is 17.2. The van der Waals surface area contributed by atoms with Gasteiger partial charge in [0.15, 0.2) is 0 Å². The number of ether oxygens (including phenoxy) is 1. The van der Waals surface area contributed by atoms with E-state index in [9.17, 15) is 22.7 Å². The van der Waals surface area contributed by atoms with Crippen LogP contribution in [0.1, 0.15) is 30.9 Å². The van der Waals surface area contributed by atoms with Gasteiger partial charge in [-0.2, -0.15) is 4.31 Å². The fourth-order valence-corrected chi connectivity index (χ4v) is 5.44. The number of nitrogens with one attached hydrogen (secondary N) is 1. The highest BCUT2D eigenvalue weighted by molar-refractivity contribution is 7.89. The molecule has 0 radical (unpaired) electrons. The Balaban J connectivity index is 1.80. The SMILES string of the molecule is Cc1c(F)cccc1COc1ccc(S(=O)(=O)N2CCC[C@@](C)(O)[C@@H]2C(=O)NO)cc1. The summed E-state index contributed by atoms with van der Waals surface area (Å²) in [6, 6.07) is 8.81. The van der Waals surface area contributed by atoms with Gasteiger partial charge in [0.1, 0.15) is 24.2 Å². The molecule has 8 nitrogen and oxygen atoms in total. The Labute approximate surface area is 180 Å². The molecule has 3 rings (SSSR count). The minimum Gasteiger partial charge on any atom is -0.489 e. The number of hydroxylamine groups is 1. The second-order valence-electron chi connectivity index (χ2n) is 7.74. The average molecular weight is 453 g/mol. The van der Waals surface area contributed by atoms with E-state index in [-0.39, 0.29) is 30.3 Å². The smallest absolute Gasteiger partial charge is 0.264 e. The molecule has 168 valence electrons. The lowest BCUT2D eigenvalue weighted by molar-refractivity contribution is -0.144. The second kappa shape index (κ2) is 8.91. The maximum absolute atomic E-state index is 13.6. The number of carbonyl (C=O) groups excluding carboxylic acids is 1. The zero-order valence-corrected chi connectivity index (χ0v) is 18.0. The summed E-state index contributed by atoms with van der Waals surface area (Å²) in [5.41, 5.74) is 0.957. The van der Waals surface area contributed by atoms with Crippen LogP contribution < -0.4 is 10.2 Å². The molecular weight excluding hydrogens is 427 g/mol. The van der Waals surface area contributed by atoms with Crippen LogP contribution in [0.2, 0.25) is 0 Å². The van der Waals surface area contributed by atoms with Gasteiger partial charge in [-0.25, -0.2) is 18.3 Å². The molecule has 0 unspecified atom stereocenters. The molecule has 1 saturated heterocycles. The number of hydrogen-bond donors (Lipinski definition) is 3. The van der Waals surface area contributed by atoms with E-state index in [2.05, 4.69) is 0 Å². The van der Waals surface area contributed by atoms with Gasteiger partial charge in [-0.15, -0.1) is 0 Å². The van der Waals surface area contributed by atoms with E-state index in [1.807, 2.05) is 0 Å². The van der Waals surface area contributed by atoms with Gasteiger partial charge in [0.25, 0.3) is 5.91 Å². The van der Waals surface area contributed by atoms with E-state index in [1.165, 1.54) is 42.7 Å². The molecule has 1 amide bonds. The Bertz CT molecular complexity index is 1060. The molecule has 0 bridgehead atoms. The van der Waals surface area contributed by atoms with Crippen LogP contribution in [0.25, 0.3) is 0 Å². The molecule has 31 heavy (non-hydrogen) atoms. The summed E-state index contributed by atoms with van der Waals surface area (Å²) >= 11 is 0. The maximum Gasteiger partial charge on any atom is 0.264 e. The number of carbonyl (C=O) groups is 1. The van der Waals surface area contributed by atoms with Crippen molar-refractivity contribution in [2.45, 2.75) is 49.8 Å². The van der Waals surface area contributed by atoms with Gasteiger partial charge in [0.05, 0.1) is 10.5 Å². The van der Waals surface area contributed by atoms with Gasteiger partial charge in [0, 0.05) is 6.54 Å². The first-order chi connectivity index (χ1) is 14.6. The Kier molecular flexibility index (Phi) is 6.65. The van der Waals surface area contributed by atoms with Crippen molar-refractivity contribution in [1.82, 2.24) is 9.79 Å². The fraction of sp³-hybridized carbons (Fsp3) is 0.381. The summed E-state index contributed by atoms with van der Waals surface area (Å²) in [4.78, 5) is 12.0. The van der Waals surface area contributed by atoms with E-state index in [4.69, 9.17) is 9.94 Å². The van der Waals surface area contributed by atoms with E-state index in [0.717, 1.165) is 4.31 Å². The summed E-state index contributed by atoms with van der Waals surface area (Å²) in [5, 5.41) is 19.6. The van der Waals surface area contributed by atoms with Crippen molar-refractivity contribution in [2.24, 2.45) is 0 Å². The number of rotatable bonds is 6. The molecule has 1 aliphatic rings. The Morgan fingerprint density at radius 3 is 2.61 bits per heavy atom. The third kappa shape index (κ3) is 4.72. The molecule has 1 heterocycles. The summed E-state index contributed by atoms with van der Waals surface area (Å²) in [6.07, 6.45) is 0.568. The number of benzene rings is 2. The van der Waals surface area contributed by atoms with Crippen LogP contribution in [-0.2, 0) is 21.4 Å². The lowest BCUT2D eigenvalue weighted by Crippen LogP contribution is -2.62. The fourth-order valence-electron chi connectivity index (χ4n) is 3.71. The van der Waals surface area contributed by atoms with Gasteiger partial charge in [-0.3, -0.25) is 10.0 Å². The van der Waals surface area contributed by atoms with Gasteiger partial charge >= 0.3 is 0 Å². The van der Waals surface area contributed by atoms with Gasteiger partial charge in [-0.1, -0.05) is 12.1 Å². The summed E-state index contributed by atoms with van der Waals surface area (Å²) in [6.45, 7) is 3.15. The summed E-state index contributed by atoms with van der Waals surface area (Å²) in [7, 11) is -4.14. The highest BCUT2D eigenvalue weighted by atomic mass is 32.2. The van der Waals surface area contributed by atoms with Crippen LogP contribution in [-0.4, -0.2) is 47.1 Å². The molecule has 2 aromatic carbocycles. The molecule has 0 aromatic heterocycles. The summed E-state index contributed by atoms with van der Waals surface area (Å²) < 4.78 is 46.5. The van der Waals surface area contributed by atoms with Crippen LogP contribution in [0.4, 0.5) is 4.39 Å². The van der Waals surface area contributed by atoms with Crippen molar-refractivity contribution >= 4 is 15.9 Å². The third-order valence-electron chi connectivity index (χ3n) is 5.50. The van der Waals surface area contributed by atoms with Crippen LogP contribution in [0, 0.1) is 12.7 Å². The molecule has 3 N–H and O–H groups in total. The molecule has 0 aliphatic carbocycles. The van der Waals surface area contributed by atoms with Crippen LogP contribution in [0.5, 0.6) is 5.75 Å². The highest BCUT2D eigenvalue weighted by Crippen LogP contribution is 2.32. The lowest BCUT2D eigenvalue weighted by Gasteiger charge is -2.42. The molecule has 1 aliphatic heterocycles. The topological polar surface area (TPSA) is 116 Å². The standard InChI is InChI=1S/C21H25FN2O6S/c1-14-15(5-3-6-18(14)22)13-30-16-7-9-17(10-8-16)31(28,29)24-12-4-11-21(2,26)19(24)20(25)23-27/h3,5-10,19,26-27H,4,11-13H2,1-2H3,(H,23,25)/t19-,21+/m0/s1. The molecule has 2 atom stereocenters. The number of sulfonamides is 1. The number of hydrogen-bond acceptors (Lipinski definition) is 6. The van der Waals surface area contributed by atoms with Crippen LogP contribution >= 0.6 is 0 Å². The molecule has 1 fully saturated rings. The van der Waals surface area contributed by atoms with E-state index in [1.54, 1.807) is 19.1 Å². The van der Waals surface area contributed by atoms with Gasteiger partial charge in [-0.05, 0) is 68.1 Å². The van der Waals surface area contributed by atoms with Crippen LogP contribution in [0.3, 0.4) is 0 Å². The Morgan fingerprint density at radius 1 is 1.29 bits per heavy atom. The first-order valence-corrected chi connectivity index (χ1v) is 11.2. The first-order valence-electron chi connectivity index (χ1n) is 9.73. The minimum absolute atomic E-state index is 0.0215. The second-order valence-corrected chi connectivity index (χ2v) is 9.63. The zero-order chi connectivity index (χ0) is 22.8. The molecule has 0 saturated carbocycles. The monoisotopic (exact) mass is 452 g/mol. The molecular formula is C21H25FN2O6S. The molecule has 2 aromatic rings. The third-order valence-corrected chi connectivity index (χ3v) is 7.38. The van der Waals surface area contributed by atoms with Crippen molar-refractivity contribution in [1.29, 1.82) is 0 Å². The van der Waals surface area contributed by atoms with Crippen LogP contribution in [0.15, 0.2) is 47.4 Å². The normalized spacial score (nSPS) is 22.2. The molecule has 0 spiro atoms. The number of halogens is 1. The van der Waals surface area contributed by atoms with Crippen molar-refractivity contribution in [3.05, 3.63) is 59.4 Å².